The predicted octanol–water partition coefficient (Wildman–Crippen LogP) is 4.33. The monoisotopic (exact) mass is 312 g/mol. The Bertz CT molecular complexity index is 735. The number of nitrogens with one attached hydrogen (secondary N) is 1. The first kappa shape index (κ1) is 15.0. The van der Waals surface area contributed by atoms with Crippen molar-refractivity contribution in [3.05, 3.63) is 58.5 Å². The van der Waals surface area contributed by atoms with Crippen molar-refractivity contribution in [1.29, 1.82) is 0 Å². The second kappa shape index (κ2) is 6.90. The molecular weight excluding hydrogens is 292 g/mol. The lowest BCUT2D eigenvalue weighted by molar-refractivity contribution is 0.201. The first-order chi connectivity index (χ1) is 10.8. The van der Waals surface area contributed by atoms with Crippen LogP contribution in [0.4, 0.5) is 0 Å². The third kappa shape index (κ3) is 3.13. The van der Waals surface area contributed by atoms with Gasteiger partial charge in [-0.2, -0.15) is 0 Å². The van der Waals surface area contributed by atoms with Crippen LogP contribution in [-0.2, 0) is 0 Å². The lowest BCUT2D eigenvalue weighted by Gasteiger charge is -2.19. The normalized spacial score (nSPS) is 12.5. The Morgan fingerprint density at radius 2 is 2.14 bits per heavy atom. The molecule has 0 bridgehead atoms. The molecule has 0 saturated carbocycles. The maximum absolute atomic E-state index is 6.39. The number of aryl methyl sites for hydroxylation is 1. The Morgan fingerprint density at radius 3 is 2.91 bits per heavy atom. The van der Waals surface area contributed by atoms with E-state index in [0.29, 0.717) is 0 Å². The summed E-state index contributed by atoms with van der Waals surface area (Å²) in [6.07, 6.45) is 2.85. The van der Waals surface area contributed by atoms with E-state index in [1.54, 1.807) is 11.3 Å². The molecule has 1 atom stereocenters. The molecule has 0 amide bonds. The molecule has 0 saturated heterocycles. The van der Waals surface area contributed by atoms with Gasteiger partial charge in [0.05, 0.1) is 0 Å². The second-order valence-corrected chi connectivity index (χ2v) is 6.24. The summed E-state index contributed by atoms with van der Waals surface area (Å²) in [6.45, 7) is 2.95. The third-order valence-electron chi connectivity index (χ3n) is 3.73. The lowest BCUT2D eigenvalue weighted by atomic mass is 10.1. The molecular formula is C18H20N2OS. The van der Waals surface area contributed by atoms with E-state index in [1.807, 2.05) is 38.4 Å². The molecule has 3 aromatic rings. The molecule has 1 N–H and O–H groups in total. The van der Waals surface area contributed by atoms with Gasteiger partial charge < -0.3 is 10.1 Å². The van der Waals surface area contributed by atoms with Crippen molar-refractivity contribution in [2.45, 2.75) is 19.4 Å². The number of aromatic nitrogens is 1. The number of ether oxygens (including phenoxy) is 1. The van der Waals surface area contributed by atoms with Gasteiger partial charge in [0.2, 0.25) is 0 Å². The number of nitrogens with zero attached hydrogens (tertiary/aromatic N) is 1. The molecule has 22 heavy (non-hydrogen) atoms. The van der Waals surface area contributed by atoms with Crippen LogP contribution in [0, 0.1) is 6.92 Å². The van der Waals surface area contributed by atoms with E-state index in [2.05, 4.69) is 33.9 Å². The van der Waals surface area contributed by atoms with Crippen molar-refractivity contribution in [3.8, 4) is 5.75 Å². The van der Waals surface area contributed by atoms with Gasteiger partial charge in [-0.15, -0.1) is 11.3 Å². The summed E-state index contributed by atoms with van der Waals surface area (Å²) in [5.41, 5.74) is 1.01. The smallest absolute Gasteiger partial charge is 0.134 e. The summed E-state index contributed by atoms with van der Waals surface area (Å²) in [7, 11) is 1.97. The number of hydrogen-bond donors (Lipinski definition) is 1. The van der Waals surface area contributed by atoms with Crippen molar-refractivity contribution in [2.75, 3.05) is 13.6 Å². The predicted molar refractivity (Wildman–Crippen MR) is 92.7 cm³/mol. The first-order valence-electron chi connectivity index (χ1n) is 7.48. The molecule has 0 aliphatic rings. The van der Waals surface area contributed by atoms with Gasteiger partial charge in [0.15, 0.2) is 0 Å². The average molecular weight is 312 g/mol. The van der Waals surface area contributed by atoms with E-state index in [-0.39, 0.29) is 6.10 Å². The number of hydrogen-bond acceptors (Lipinski definition) is 4. The number of pyridine rings is 1. The zero-order valence-corrected chi connectivity index (χ0v) is 13.7. The maximum Gasteiger partial charge on any atom is 0.134 e. The minimum Gasteiger partial charge on any atom is -0.484 e. The molecule has 0 aliphatic carbocycles. The van der Waals surface area contributed by atoms with Gasteiger partial charge in [0.1, 0.15) is 11.9 Å². The van der Waals surface area contributed by atoms with Crippen LogP contribution in [0.25, 0.3) is 10.8 Å². The molecule has 2 aromatic heterocycles. The molecule has 114 valence electrons. The van der Waals surface area contributed by atoms with Crippen LogP contribution in [0.2, 0.25) is 0 Å². The summed E-state index contributed by atoms with van der Waals surface area (Å²) in [5.74, 6) is 0.914. The minimum atomic E-state index is 0.0673. The van der Waals surface area contributed by atoms with E-state index in [1.165, 1.54) is 10.3 Å². The molecule has 0 fully saturated rings. The Labute approximate surface area is 135 Å². The SMILES string of the molecule is CNCC[C@H](Oc1cccc2ccnc(C)c12)c1cccs1. The van der Waals surface area contributed by atoms with E-state index in [9.17, 15) is 0 Å². The number of fused-ring (bicyclic) bond motifs is 1. The fourth-order valence-electron chi connectivity index (χ4n) is 2.63. The fourth-order valence-corrected chi connectivity index (χ4v) is 3.42. The molecule has 3 nitrogen and oxygen atoms in total. The van der Waals surface area contributed by atoms with Gasteiger partial charge in [-0.05, 0) is 49.5 Å². The van der Waals surface area contributed by atoms with Gasteiger partial charge in [0, 0.05) is 28.6 Å². The summed E-state index contributed by atoms with van der Waals surface area (Å²) in [6, 6.07) is 12.4. The van der Waals surface area contributed by atoms with Gasteiger partial charge in [-0.25, -0.2) is 0 Å². The number of rotatable bonds is 6. The molecule has 0 radical (unpaired) electrons. The number of thiophene rings is 1. The highest BCUT2D eigenvalue weighted by atomic mass is 32.1. The van der Waals surface area contributed by atoms with Crippen LogP contribution >= 0.6 is 11.3 Å². The van der Waals surface area contributed by atoms with Gasteiger partial charge in [0.25, 0.3) is 0 Å². The van der Waals surface area contributed by atoms with Crippen LogP contribution in [0.5, 0.6) is 5.75 Å². The summed E-state index contributed by atoms with van der Waals surface area (Å²) < 4.78 is 6.39. The van der Waals surface area contributed by atoms with E-state index < -0.39 is 0 Å². The first-order valence-corrected chi connectivity index (χ1v) is 8.36. The Hall–Kier alpha value is -1.91. The Balaban J connectivity index is 1.96. The average Bonchev–Trinajstić information content (AvgIpc) is 3.06. The molecule has 0 aliphatic heterocycles. The van der Waals surface area contributed by atoms with E-state index in [0.717, 1.165) is 29.8 Å². The van der Waals surface area contributed by atoms with Crippen molar-refractivity contribution in [2.24, 2.45) is 0 Å². The van der Waals surface area contributed by atoms with Crippen LogP contribution < -0.4 is 10.1 Å². The summed E-state index contributed by atoms with van der Waals surface area (Å²) >= 11 is 1.74. The van der Waals surface area contributed by atoms with Crippen molar-refractivity contribution in [1.82, 2.24) is 10.3 Å². The molecule has 4 heteroatoms. The second-order valence-electron chi connectivity index (χ2n) is 5.26. The number of benzene rings is 1. The highest BCUT2D eigenvalue weighted by molar-refractivity contribution is 7.10. The maximum atomic E-state index is 6.39. The molecule has 1 aromatic carbocycles. The van der Waals surface area contributed by atoms with Crippen molar-refractivity contribution in [3.63, 3.8) is 0 Å². The molecule has 3 rings (SSSR count). The van der Waals surface area contributed by atoms with Gasteiger partial charge in [-0.1, -0.05) is 18.2 Å². The molecule has 0 spiro atoms. The zero-order chi connectivity index (χ0) is 15.4. The highest BCUT2D eigenvalue weighted by Crippen LogP contribution is 2.33. The minimum absolute atomic E-state index is 0.0673. The van der Waals surface area contributed by atoms with Crippen molar-refractivity contribution >= 4 is 22.1 Å². The zero-order valence-electron chi connectivity index (χ0n) is 12.9. The van der Waals surface area contributed by atoms with Crippen LogP contribution in [-0.4, -0.2) is 18.6 Å². The van der Waals surface area contributed by atoms with Gasteiger partial charge in [-0.3, -0.25) is 4.98 Å². The summed E-state index contributed by atoms with van der Waals surface area (Å²) in [5, 5.41) is 7.58. The Morgan fingerprint density at radius 1 is 1.23 bits per heavy atom. The third-order valence-corrected chi connectivity index (χ3v) is 4.69. The van der Waals surface area contributed by atoms with Crippen LogP contribution in [0.3, 0.4) is 0 Å². The molecule has 0 unspecified atom stereocenters. The van der Waals surface area contributed by atoms with Gasteiger partial charge >= 0.3 is 0 Å². The standard InChI is InChI=1S/C18H20N2OS/c1-13-18-14(8-11-20-13)5-3-6-16(18)21-15(9-10-19-2)17-7-4-12-22-17/h3-8,11-12,15,19H,9-10H2,1-2H3/t15-/m0/s1. The summed E-state index contributed by atoms with van der Waals surface area (Å²) in [4.78, 5) is 5.67. The topological polar surface area (TPSA) is 34.1 Å². The Kier molecular flexibility index (Phi) is 4.71. The fraction of sp³-hybridized carbons (Fsp3) is 0.278. The van der Waals surface area contributed by atoms with E-state index >= 15 is 0 Å². The van der Waals surface area contributed by atoms with Crippen LogP contribution in [0.1, 0.15) is 23.1 Å². The van der Waals surface area contributed by atoms with Crippen molar-refractivity contribution < 1.29 is 4.74 Å². The van der Waals surface area contributed by atoms with Crippen LogP contribution in [0.15, 0.2) is 48.0 Å². The van der Waals surface area contributed by atoms with E-state index in [4.69, 9.17) is 4.74 Å². The largest absolute Gasteiger partial charge is 0.484 e. The quantitative estimate of drug-likeness (QED) is 0.735. The lowest BCUT2D eigenvalue weighted by Crippen LogP contribution is -2.15. The highest BCUT2D eigenvalue weighted by Gasteiger charge is 2.16. The molecule has 2 heterocycles.